The molecule has 1 N–H and O–H groups in total. The summed E-state index contributed by atoms with van der Waals surface area (Å²) < 4.78 is 0. The van der Waals surface area contributed by atoms with Crippen molar-refractivity contribution in [2.24, 2.45) is 5.92 Å². The van der Waals surface area contributed by atoms with Crippen LogP contribution in [0.1, 0.15) is 27.2 Å². The van der Waals surface area contributed by atoms with Crippen LogP contribution in [0.3, 0.4) is 0 Å². The third-order valence-corrected chi connectivity index (χ3v) is 2.37. The molecule has 4 nitrogen and oxygen atoms in total. The van der Waals surface area contributed by atoms with Gasteiger partial charge in [-0.05, 0) is 25.8 Å². The quantitative estimate of drug-likeness (QED) is 0.727. The fraction of sp³-hybridized carbons (Fsp3) is 0.600. The zero-order valence-corrected chi connectivity index (χ0v) is 8.83. The molecule has 1 rings (SSSR count). The predicted molar refractivity (Wildman–Crippen MR) is 53.5 cm³/mol. The van der Waals surface area contributed by atoms with Crippen LogP contribution < -0.4 is 5.32 Å². The fourth-order valence-electron chi connectivity index (χ4n) is 1.61. The molecule has 0 spiro atoms. The molecule has 0 aromatic heterocycles. The lowest BCUT2D eigenvalue weighted by molar-refractivity contribution is -0.127. The highest BCUT2D eigenvalue weighted by atomic mass is 16.2. The number of hydrogen-bond donors (Lipinski definition) is 1. The summed E-state index contributed by atoms with van der Waals surface area (Å²) in [6.07, 6.45) is 2.37. The summed E-state index contributed by atoms with van der Waals surface area (Å²) in [5, 5.41) is 2.60. The van der Waals surface area contributed by atoms with Crippen molar-refractivity contribution in [1.29, 1.82) is 0 Å². The number of imide groups is 1. The lowest BCUT2D eigenvalue weighted by atomic mass is 10.0. The van der Waals surface area contributed by atoms with Crippen LogP contribution in [-0.2, 0) is 4.79 Å². The molecule has 0 aromatic carbocycles. The lowest BCUT2D eigenvalue weighted by Crippen LogP contribution is -2.39. The largest absolute Gasteiger partial charge is 0.338 e. The number of nitrogens with one attached hydrogen (secondary N) is 1. The molecule has 3 amide bonds. The Morgan fingerprint density at radius 2 is 2.21 bits per heavy atom. The van der Waals surface area contributed by atoms with E-state index in [-0.39, 0.29) is 17.9 Å². The molecule has 0 radical (unpaired) electrons. The van der Waals surface area contributed by atoms with Gasteiger partial charge in [-0.1, -0.05) is 6.92 Å². The van der Waals surface area contributed by atoms with E-state index in [2.05, 4.69) is 5.32 Å². The van der Waals surface area contributed by atoms with E-state index in [0.717, 1.165) is 12.0 Å². The molecule has 78 valence electrons. The van der Waals surface area contributed by atoms with Gasteiger partial charge in [-0.15, -0.1) is 0 Å². The van der Waals surface area contributed by atoms with E-state index >= 15 is 0 Å². The van der Waals surface area contributed by atoms with E-state index in [0.29, 0.717) is 6.54 Å². The van der Waals surface area contributed by atoms with E-state index in [1.807, 2.05) is 20.8 Å². The first-order chi connectivity index (χ1) is 6.61. The van der Waals surface area contributed by atoms with E-state index in [1.54, 1.807) is 6.20 Å². The van der Waals surface area contributed by atoms with Crippen LogP contribution in [0.2, 0.25) is 0 Å². The fourth-order valence-corrected chi connectivity index (χ4v) is 1.61. The molecular formula is C10H16N2O2. The Bertz CT molecular complexity index is 284. The van der Waals surface area contributed by atoms with Gasteiger partial charge in [0.05, 0.1) is 5.92 Å². The van der Waals surface area contributed by atoms with Crippen molar-refractivity contribution in [1.82, 2.24) is 10.2 Å². The number of carbonyl (C=O) groups excluding carboxylic acids is 2. The maximum atomic E-state index is 11.7. The van der Waals surface area contributed by atoms with Crippen LogP contribution in [0.15, 0.2) is 11.8 Å². The topological polar surface area (TPSA) is 49.4 Å². The Kier molecular flexibility index (Phi) is 3.28. The molecule has 4 heteroatoms. The number of urea groups is 1. The van der Waals surface area contributed by atoms with Crippen molar-refractivity contribution >= 4 is 11.9 Å². The second-order valence-corrected chi connectivity index (χ2v) is 3.38. The highest BCUT2D eigenvalue weighted by Crippen LogP contribution is 2.25. The lowest BCUT2D eigenvalue weighted by Gasteiger charge is -2.13. The molecule has 0 fully saturated rings. The van der Waals surface area contributed by atoms with E-state index in [4.69, 9.17) is 0 Å². The van der Waals surface area contributed by atoms with Gasteiger partial charge in [-0.25, -0.2) is 9.69 Å². The molecule has 1 aliphatic rings. The molecule has 1 heterocycles. The average molecular weight is 196 g/mol. The van der Waals surface area contributed by atoms with Gasteiger partial charge in [-0.2, -0.15) is 0 Å². The number of rotatable bonds is 2. The molecule has 1 unspecified atom stereocenters. The molecule has 0 bridgehead atoms. The number of hydrogen-bond acceptors (Lipinski definition) is 2. The SMILES string of the molecule is CCNC(=O)N1C=C(C)C(CC)C1=O. The van der Waals surface area contributed by atoms with Crippen molar-refractivity contribution in [3.05, 3.63) is 11.8 Å². The summed E-state index contributed by atoms with van der Waals surface area (Å²) in [6, 6.07) is -0.326. The van der Waals surface area contributed by atoms with Crippen molar-refractivity contribution in [2.45, 2.75) is 27.2 Å². The second-order valence-electron chi connectivity index (χ2n) is 3.38. The van der Waals surface area contributed by atoms with Crippen molar-refractivity contribution in [2.75, 3.05) is 6.54 Å². The Labute approximate surface area is 84.0 Å². The van der Waals surface area contributed by atoms with E-state index in [9.17, 15) is 9.59 Å². The minimum atomic E-state index is -0.326. The third kappa shape index (κ3) is 1.78. The van der Waals surface area contributed by atoms with E-state index in [1.165, 1.54) is 4.90 Å². The molecule has 0 aromatic rings. The summed E-state index contributed by atoms with van der Waals surface area (Å²) in [4.78, 5) is 24.3. The van der Waals surface area contributed by atoms with Gasteiger partial charge in [0.1, 0.15) is 0 Å². The highest BCUT2D eigenvalue weighted by molar-refractivity contribution is 6.00. The maximum absolute atomic E-state index is 11.7. The van der Waals surface area contributed by atoms with Gasteiger partial charge in [-0.3, -0.25) is 4.79 Å². The molecule has 0 aliphatic carbocycles. The smallest absolute Gasteiger partial charge is 0.328 e. The van der Waals surface area contributed by atoms with Crippen molar-refractivity contribution in [3.63, 3.8) is 0 Å². The summed E-state index contributed by atoms with van der Waals surface area (Å²) in [6.45, 7) is 6.19. The number of carbonyl (C=O) groups is 2. The Balaban J connectivity index is 2.75. The highest BCUT2D eigenvalue weighted by Gasteiger charge is 2.33. The zero-order chi connectivity index (χ0) is 10.7. The first kappa shape index (κ1) is 10.8. The Hall–Kier alpha value is -1.32. The number of amides is 3. The monoisotopic (exact) mass is 196 g/mol. The third-order valence-electron chi connectivity index (χ3n) is 2.37. The van der Waals surface area contributed by atoms with Gasteiger partial charge < -0.3 is 5.32 Å². The van der Waals surface area contributed by atoms with Crippen LogP contribution in [0.5, 0.6) is 0 Å². The first-order valence-electron chi connectivity index (χ1n) is 4.91. The number of nitrogens with zero attached hydrogens (tertiary/aromatic N) is 1. The molecule has 14 heavy (non-hydrogen) atoms. The molecule has 1 atom stereocenters. The predicted octanol–water partition coefficient (Wildman–Crippen LogP) is 1.49. The van der Waals surface area contributed by atoms with Crippen LogP contribution in [0, 0.1) is 5.92 Å². The summed E-state index contributed by atoms with van der Waals surface area (Å²) in [5.74, 6) is -0.228. The van der Waals surface area contributed by atoms with Crippen LogP contribution in [0.4, 0.5) is 4.79 Å². The van der Waals surface area contributed by atoms with Crippen molar-refractivity contribution in [3.8, 4) is 0 Å². The van der Waals surface area contributed by atoms with Gasteiger partial charge >= 0.3 is 6.03 Å². The van der Waals surface area contributed by atoms with Gasteiger partial charge in [0.15, 0.2) is 0 Å². The maximum Gasteiger partial charge on any atom is 0.328 e. The Morgan fingerprint density at radius 1 is 1.57 bits per heavy atom. The average Bonchev–Trinajstić information content (AvgIpc) is 2.42. The van der Waals surface area contributed by atoms with Gasteiger partial charge in [0.2, 0.25) is 5.91 Å². The van der Waals surface area contributed by atoms with Crippen LogP contribution in [-0.4, -0.2) is 23.4 Å². The molecule has 0 saturated heterocycles. The first-order valence-corrected chi connectivity index (χ1v) is 4.91. The van der Waals surface area contributed by atoms with Gasteiger partial charge in [0.25, 0.3) is 0 Å². The molecule has 1 aliphatic heterocycles. The van der Waals surface area contributed by atoms with Crippen LogP contribution >= 0.6 is 0 Å². The minimum absolute atomic E-state index is 0.113. The molecule has 0 saturated carbocycles. The van der Waals surface area contributed by atoms with E-state index < -0.39 is 0 Å². The summed E-state index contributed by atoms with van der Waals surface area (Å²) in [5.41, 5.74) is 0.962. The van der Waals surface area contributed by atoms with Gasteiger partial charge in [0, 0.05) is 12.7 Å². The Morgan fingerprint density at radius 3 is 2.64 bits per heavy atom. The second kappa shape index (κ2) is 4.26. The minimum Gasteiger partial charge on any atom is -0.338 e. The zero-order valence-electron chi connectivity index (χ0n) is 8.83. The molecular weight excluding hydrogens is 180 g/mol. The standard InChI is InChI=1S/C10H16N2O2/c1-4-8-7(3)6-12(9(8)13)10(14)11-5-2/h6,8H,4-5H2,1-3H3,(H,11,14). The van der Waals surface area contributed by atoms with Crippen molar-refractivity contribution < 1.29 is 9.59 Å². The van der Waals surface area contributed by atoms with Crippen LogP contribution in [0.25, 0.3) is 0 Å². The summed E-state index contributed by atoms with van der Waals surface area (Å²) >= 11 is 0. The summed E-state index contributed by atoms with van der Waals surface area (Å²) in [7, 11) is 0. The normalized spacial score (nSPS) is 21.1.